The number of β-amino-alcohol motifs (C(OH)–C–C–N with tert-alkyl or cyclic N) is 1. The van der Waals surface area contributed by atoms with Crippen LogP contribution in [-0.4, -0.2) is 18.3 Å². The number of nitrogens with zero attached hydrogens (tertiary/aromatic N) is 4. The fourth-order valence-electron chi connectivity index (χ4n) is 5.36. The van der Waals surface area contributed by atoms with E-state index in [0.29, 0.717) is 12.1 Å². The zero-order valence-electron chi connectivity index (χ0n) is 23.8. The lowest BCUT2D eigenvalue weighted by atomic mass is 9.93. The Labute approximate surface area is 261 Å². The Morgan fingerprint density at radius 3 is 1.98 bits per heavy atom. The topological polar surface area (TPSA) is 74.3 Å². The highest BCUT2D eigenvalue weighted by atomic mass is 32.1. The third-order valence-corrected chi connectivity index (χ3v) is 8.49. The Morgan fingerprint density at radius 2 is 1.34 bits per heavy atom. The van der Waals surface area contributed by atoms with Crippen molar-refractivity contribution < 1.29 is 5.11 Å². The van der Waals surface area contributed by atoms with Gasteiger partial charge in [-0.25, -0.2) is 0 Å². The number of thiophene rings is 1. The maximum atomic E-state index is 9.82. The predicted octanol–water partition coefficient (Wildman–Crippen LogP) is 9.10. The molecule has 1 aromatic heterocycles. The van der Waals surface area contributed by atoms with Crippen molar-refractivity contribution in [2.24, 2.45) is 0 Å². The lowest BCUT2D eigenvalue weighted by molar-refractivity contribution is 0.304. The van der Waals surface area contributed by atoms with Gasteiger partial charge in [-0.15, -0.1) is 11.3 Å². The van der Waals surface area contributed by atoms with Crippen LogP contribution in [0.25, 0.3) is 22.1 Å². The number of nitriles is 2. The van der Waals surface area contributed by atoms with Gasteiger partial charge in [0.2, 0.25) is 0 Å². The van der Waals surface area contributed by atoms with Crippen LogP contribution in [0, 0.1) is 22.7 Å². The maximum absolute atomic E-state index is 9.82. The average Bonchev–Trinajstić information content (AvgIpc) is 3.56. The van der Waals surface area contributed by atoms with Crippen LogP contribution in [0.5, 0.6) is 0 Å². The number of benzene rings is 4. The van der Waals surface area contributed by atoms with Gasteiger partial charge in [0, 0.05) is 55.9 Å². The van der Waals surface area contributed by atoms with Crippen LogP contribution in [0.3, 0.4) is 0 Å². The molecule has 1 aliphatic rings. The number of hydrogen-bond acceptors (Lipinski definition) is 6. The molecule has 1 N–H and O–H groups in total. The molecule has 4 aromatic carbocycles. The number of hydrogen-bond donors (Lipinski definition) is 1. The molecular formula is C38H28N4OS. The van der Waals surface area contributed by atoms with Gasteiger partial charge >= 0.3 is 0 Å². The Hall–Kier alpha value is -5.66. The SMILES string of the molecule is N#CC(C#N)=C1C=C(/C=C/c2ccc(-c3ccc(N(c4ccccc4)c4ccccc4)cc3)s2)N(CCO)c2ccccc21. The molecule has 2 heterocycles. The van der Waals surface area contributed by atoms with Crippen LogP contribution >= 0.6 is 11.3 Å². The van der Waals surface area contributed by atoms with Crippen molar-refractivity contribution in [3.63, 3.8) is 0 Å². The van der Waals surface area contributed by atoms with E-state index in [1.807, 2.05) is 71.7 Å². The summed E-state index contributed by atoms with van der Waals surface area (Å²) in [6, 6.07) is 45.2. The van der Waals surface area contributed by atoms with Gasteiger partial charge in [0.05, 0.1) is 6.61 Å². The molecule has 212 valence electrons. The van der Waals surface area contributed by atoms with Gasteiger partial charge in [-0.2, -0.15) is 10.5 Å². The molecule has 0 bridgehead atoms. The van der Waals surface area contributed by atoms with Gasteiger partial charge in [-0.1, -0.05) is 66.7 Å². The van der Waals surface area contributed by atoms with Gasteiger partial charge < -0.3 is 14.9 Å². The number of allylic oxidation sites excluding steroid dienone is 4. The van der Waals surface area contributed by atoms with Crippen LogP contribution in [0.4, 0.5) is 22.7 Å². The summed E-state index contributed by atoms with van der Waals surface area (Å²) in [5.41, 5.74) is 7.51. The smallest absolute Gasteiger partial charge is 0.137 e. The second-order valence-corrected chi connectivity index (χ2v) is 11.2. The first-order chi connectivity index (χ1) is 21.7. The summed E-state index contributed by atoms with van der Waals surface area (Å²) in [7, 11) is 0. The first-order valence-electron chi connectivity index (χ1n) is 14.2. The Kier molecular flexibility index (Phi) is 8.48. The van der Waals surface area contributed by atoms with E-state index in [-0.39, 0.29) is 12.2 Å². The van der Waals surface area contributed by atoms with E-state index in [9.17, 15) is 15.6 Å². The van der Waals surface area contributed by atoms with E-state index in [1.165, 1.54) is 0 Å². The molecule has 0 atom stereocenters. The Bertz CT molecular complexity index is 1890. The lowest BCUT2D eigenvalue weighted by Crippen LogP contribution is -2.28. The number of aliphatic hydroxyl groups is 1. The highest BCUT2D eigenvalue weighted by Crippen LogP contribution is 2.39. The van der Waals surface area contributed by atoms with Crippen molar-refractivity contribution in [1.29, 1.82) is 10.5 Å². The fraction of sp³-hybridized carbons (Fsp3) is 0.0526. The van der Waals surface area contributed by atoms with Gasteiger partial charge in [0.15, 0.2) is 0 Å². The monoisotopic (exact) mass is 588 g/mol. The first kappa shape index (κ1) is 28.5. The maximum Gasteiger partial charge on any atom is 0.137 e. The van der Waals surface area contributed by atoms with E-state index in [2.05, 4.69) is 89.8 Å². The summed E-state index contributed by atoms with van der Waals surface area (Å²) >= 11 is 1.69. The molecule has 6 heteroatoms. The largest absolute Gasteiger partial charge is 0.395 e. The van der Waals surface area contributed by atoms with Crippen molar-refractivity contribution in [1.82, 2.24) is 0 Å². The third kappa shape index (κ3) is 5.82. The van der Waals surface area contributed by atoms with Gasteiger partial charge in [0.1, 0.15) is 17.7 Å². The summed E-state index contributed by atoms with van der Waals surface area (Å²) in [5.74, 6) is 0. The second kappa shape index (κ2) is 13.1. The van der Waals surface area contributed by atoms with Crippen LogP contribution in [0.15, 0.2) is 145 Å². The molecule has 0 saturated carbocycles. The van der Waals surface area contributed by atoms with Crippen LogP contribution < -0.4 is 9.80 Å². The highest BCUT2D eigenvalue weighted by Gasteiger charge is 2.23. The van der Waals surface area contributed by atoms with Crippen molar-refractivity contribution in [3.8, 4) is 22.6 Å². The minimum absolute atomic E-state index is 0.0347. The minimum Gasteiger partial charge on any atom is -0.395 e. The van der Waals surface area contributed by atoms with E-state index < -0.39 is 0 Å². The number of fused-ring (bicyclic) bond motifs is 1. The van der Waals surface area contributed by atoms with E-state index in [4.69, 9.17) is 0 Å². The molecule has 6 rings (SSSR count). The summed E-state index contributed by atoms with van der Waals surface area (Å²) in [4.78, 5) is 6.47. The van der Waals surface area contributed by atoms with Crippen LogP contribution in [0.2, 0.25) is 0 Å². The Balaban J connectivity index is 1.28. The molecule has 0 amide bonds. The molecule has 1 aliphatic heterocycles. The number of aliphatic hydroxyl groups excluding tert-OH is 1. The lowest BCUT2D eigenvalue weighted by Gasteiger charge is -2.32. The van der Waals surface area contributed by atoms with Crippen molar-refractivity contribution in [2.75, 3.05) is 23.0 Å². The predicted molar refractivity (Wildman–Crippen MR) is 181 cm³/mol. The van der Waals surface area contributed by atoms with Gasteiger partial charge in [0.25, 0.3) is 0 Å². The molecule has 0 radical (unpaired) electrons. The standard InChI is InChI=1S/C38H28N4OS/c39-26-29(27-40)36-25-33(41(23-24-43)37-14-8-7-13-35(36)37)19-20-34-21-22-38(44-34)28-15-17-32(18-16-28)42(30-9-3-1-4-10-30)31-11-5-2-6-12-31/h1-22,25,43H,23-24H2/b20-19+. The molecule has 44 heavy (non-hydrogen) atoms. The fourth-order valence-corrected chi connectivity index (χ4v) is 6.28. The summed E-state index contributed by atoms with van der Waals surface area (Å²) in [6.07, 6.45) is 5.87. The van der Waals surface area contributed by atoms with E-state index in [1.54, 1.807) is 11.3 Å². The third-order valence-electron chi connectivity index (χ3n) is 7.39. The summed E-state index contributed by atoms with van der Waals surface area (Å²) in [5, 5.41) is 29.0. The van der Waals surface area contributed by atoms with Crippen LogP contribution in [-0.2, 0) is 0 Å². The number of anilines is 4. The normalized spacial score (nSPS) is 12.3. The molecule has 0 unspecified atom stereocenters. The molecule has 5 aromatic rings. The zero-order valence-corrected chi connectivity index (χ0v) is 24.7. The molecule has 0 fully saturated rings. The molecule has 0 saturated heterocycles. The Morgan fingerprint density at radius 1 is 0.727 bits per heavy atom. The van der Waals surface area contributed by atoms with Gasteiger partial charge in [-0.05, 0) is 78.4 Å². The molecule has 0 spiro atoms. The highest BCUT2D eigenvalue weighted by molar-refractivity contribution is 7.16. The zero-order chi connectivity index (χ0) is 30.3. The molecule has 0 aliphatic carbocycles. The number of rotatable bonds is 8. The second-order valence-electron chi connectivity index (χ2n) is 10.1. The summed E-state index contributed by atoms with van der Waals surface area (Å²) in [6.45, 7) is 0.354. The van der Waals surface area contributed by atoms with Crippen molar-refractivity contribution in [2.45, 2.75) is 0 Å². The summed E-state index contributed by atoms with van der Waals surface area (Å²) < 4.78 is 0. The van der Waals surface area contributed by atoms with Crippen LogP contribution in [0.1, 0.15) is 10.4 Å². The van der Waals surface area contributed by atoms with E-state index in [0.717, 1.165) is 49.3 Å². The number of para-hydroxylation sites is 3. The first-order valence-corrected chi connectivity index (χ1v) is 15.0. The minimum atomic E-state index is -0.0347. The van der Waals surface area contributed by atoms with Gasteiger partial charge in [-0.3, -0.25) is 0 Å². The molecule has 5 nitrogen and oxygen atoms in total. The van der Waals surface area contributed by atoms with E-state index >= 15 is 0 Å². The van der Waals surface area contributed by atoms with Crippen molar-refractivity contribution >= 4 is 45.7 Å². The molecular weight excluding hydrogens is 561 g/mol. The quantitative estimate of drug-likeness (QED) is 0.183. The average molecular weight is 589 g/mol. The van der Waals surface area contributed by atoms with Crippen molar-refractivity contribution in [3.05, 3.63) is 155 Å².